The maximum atomic E-state index is 5.87. The SMILES string of the molecule is COc1ccc(C(NN)C2SCCSC2C)c(OC)c1Br. The molecule has 1 aromatic carbocycles. The molecule has 0 spiro atoms. The van der Waals surface area contributed by atoms with Gasteiger partial charge in [-0.15, -0.1) is 0 Å². The van der Waals surface area contributed by atoms with Crippen molar-refractivity contribution in [1.82, 2.24) is 5.43 Å². The molecular weight excluding hydrogens is 372 g/mol. The number of thioether (sulfide) groups is 2. The second kappa shape index (κ2) is 7.97. The van der Waals surface area contributed by atoms with Gasteiger partial charge in [0, 0.05) is 27.6 Å². The number of benzene rings is 1. The van der Waals surface area contributed by atoms with Crippen molar-refractivity contribution in [3.05, 3.63) is 22.2 Å². The van der Waals surface area contributed by atoms with E-state index in [0.29, 0.717) is 10.5 Å². The summed E-state index contributed by atoms with van der Waals surface area (Å²) in [4.78, 5) is 0. The van der Waals surface area contributed by atoms with Gasteiger partial charge in [0.25, 0.3) is 0 Å². The van der Waals surface area contributed by atoms with Crippen LogP contribution in [0.25, 0.3) is 0 Å². The molecule has 118 valence electrons. The first-order valence-corrected chi connectivity index (χ1v) is 9.62. The second-order valence-corrected chi connectivity index (χ2v) is 8.32. The van der Waals surface area contributed by atoms with Gasteiger partial charge in [-0.1, -0.05) is 6.92 Å². The highest BCUT2D eigenvalue weighted by Gasteiger charge is 2.33. The van der Waals surface area contributed by atoms with Crippen LogP contribution in [0.5, 0.6) is 11.5 Å². The summed E-state index contributed by atoms with van der Waals surface area (Å²) in [5.41, 5.74) is 4.04. The highest BCUT2D eigenvalue weighted by atomic mass is 79.9. The quantitative estimate of drug-likeness (QED) is 0.592. The molecule has 3 atom stereocenters. The maximum absolute atomic E-state index is 5.87. The lowest BCUT2D eigenvalue weighted by Gasteiger charge is -2.35. The molecule has 0 amide bonds. The molecule has 0 saturated carbocycles. The van der Waals surface area contributed by atoms with Crippen molar-refractivity contribution in [1.29, 1.82) is 0 Å². The number of methoxy groups -OCH3 is 2. The molecule has 0 aliphatic carbocycles. The van der Waals surface area contributed by atoms with E-state index in [-0.39, 0.29) is 6.04 Å². The van der Waals surface area contributed by atoms with Gasteiger partial charge in [0.1, 0.15) is 16.0 Å². The van der Waals surface area contributed by atoms with E-state index in [4.69, 9.17) is 15.3 Å². The number of hydrazine groups is 1. The van der Waals surface area contributed by atoms with E-state index in [1.54, 1.807) is 14.2 Å². The summed E-state index contributed by atoms with van der Waals surface area (Å²) in [5.74, 6) is 9.75. The van der Waals surface area contributed by atoms with Crippen LogP contribution in [0.1, 0.15) is 18.5 Å². The Hall–Kier alpha value is -0.0800. The van der Waals surface area contributed by atoms with Crippen molar-refractivity contribution < 1.29 is 9.47 Å². The average molecular weight is 393 g/mol. The van der Waals surface area contributed by atoms with Gasteiger partial charge in [-0.3, -0.25) is 11.3 Å². The second-order valence-electron chi connectivity index (χ2n) is 4.76. The van der Waals surface area contributed by atoms with Crippen LogP contribution in [0.3, 0.4) is 0 Å². The zero-order valence-electron chi connectivity index (χ0n) is 12.4. The van der Waals surface area contributed by atoms with Crippen molar-refractivity contribution in [2.75, 3.05) is 25.7 Å². The number of nitrogens with one attached hydrogen (secondary N) is 1. The number of rotatable bonds is 5. The first-order valence-electron chi connectivity index (χ1n) is 6.73. The number of nitrogens with two attached hydrogens (primary N) is 1. The van der Waals surface area contributed by atoms with Crippen LogP contribution in [-0.4, -0.2) is 36.2 Å². The predicted octanol–water partition coefficient (Wildman–Crippen LogP) is 3.21. The van der Waals surface area contributed by atoms with Crippen molar-refractivity contribution in [2.24, 2.45) is 5.84 Å². The van der Waals surface area contributed by atoms with Gasteiger partial charge < -0.3 is 9.47 Å². The summed E-state index contributed by atoms with van der Waals surface area (Å²) in [6, 6.07) is 4.01. The predicted molar refractivity (Wildman–Crippen MR) is 95.5 cm³/mol. The zero-order valence-corrected chi connectivity index (χ0v) is 15.6. The molecule has 1 aromatic rings. The fraction of sp³-hybridized carbons (Fsp3) is 0.571. The molecule has 1 aliphatic heterocycles. The molecule has 7 heteroatoms. The van der Waals surface area contributed by atoms with E-state index in [9.17, 15) is 0 Å². The van der Waals surface area contributed by atoms with Crippen LogP contribution in [0.4, 0.5) is 0 Å². The minimum Gasteiger partial charge on any atom is -0.495 e. The lowest BCUT2D eigenvalue weighted by molar-refractivity contribution is 0.378. The minimum absolute atomic E-state index is 0.0370. The molecular formula is C14H21BrN2O2S2. The van der Waals surface area contributed by atoms with Gasteiger partial charge in [-0.05, 0) is 28.1 Å². The summed E-state index contributed by atoms with van der Waals surface area (Å²) >= 11 is 7.52. The number of halogens is 1. The van der Waals surface area contributed by atoms with Gasteiger partial charge in [0.15, 0.2) is 0 Å². The summed E-state index contributed by atoms with van der Waals surface area (Å²) in [6.07, 6.45) is 0. The van der Waals surface area contributed by atoms with Crippen molar-refractivity contribution in [2.45, 2.75) is 23.5 Å². The molecule has 2 rings (SSSR count). The van der Waals surface area contributed by atoms with E-state index >= 15 is 0 Å². The Morgan fingerprint density at radius 1 is 1.29 bits per heavy atom. The normalized spacial score (nSPS) is 23.7. The Morgan fingerprint density at radius 3 is 2.57 bits per heavy atom. The maximum Gasteiger partial charge on any atom is 0.141 e. The lowest BCUT2D eigenvalue weighted by atomic mass is 10.0. The first-order chi connectivity index (χ1) is 10.1. The van der Waals surface area contributed by atoms with Crippen molar-refractivity contribution >= 4 is 39.5 Å². The van der Waals surface area contributed by atoms with Gasteiger partial charge in [0.2, 0.25) is 0 Å². The zero-order chi connectivity index (χ0) is 15.4. The molecule has 1 aliphatic rings. The molecule has 3 unspecified atom stereocenters. The fourth-order valence-corrected chi connectivity index (χ4v) is 6.15. The third-order valence-electron chi connectivity index (χ3n) is 3.60. The number of hydrogen-bond acceptors (Lipinski definition) is 6. The van der Waals surface area contributed by atoms with Gasteiger partial charge >= 0.3 is 0 Å². The lowest BCUT2D eigenvalue weighted by Crippen LogP contribution is -2.41. The Bertz CT molecular complexity index is 490. The van der Waals surface area contributed by atoms with E-state index in [1.165, 1.54) is 5.75 Å². The Kier molecular flexibility index (Phi) is 6.55. The molecule has 0 radical (unpaired) electrons. The molecule has 3 N–H and O–H groups in total. The van der Waals surface area contributed by atoms with Crippen LogP contribution in [-0.2, 0) is 0 Å². The Labute approximate surface area is 143 Å². The highest BCUT2D eigenvalue weighted by molar-refractivity contribution is 9.10. The van der Waals surface area contributed by atoms with Gasteiger partial charge in [-0.2, -0.15) is 23.5 Å². The standard InChI is InChI=1S/C14H21BrN2O2S2/c1-8-14(21-7-6-20-8)12(17-16)9-4-5-10(18-2)11(15)13(9)19-3/h4-5,8,12,14,17H,6-7,16H2,1-3H3. The highest BCUT2D eigenvalue weighted by Crippen LogP contribution is 2.44. The molecule has 1 fully saturated rings. The van der Waals surface area contributed by atoms with Gasteiger partial charge in [-0.25, -0.2) is 0 Å². The smallest absolute Gasteiger partial charge is 0.141 e. The van der Waals surface area contributed by atoms with Crippen LogP contribution in [0.2, 0.25) is 0 Å². The number of ether oxygens (including phenoxy) is 2. The summed E-state index contributed by atoms with van der Waals surface area (Å²) < 4.78 is 11.7. The van der Waals surface area contributed by atoms with E-state index in [2.05, 4.69) is 28.3 Å². The third-order valence-corrected chi connectivity index (χ3v) is 7.54. The molecule has 1 saturated heterocycles. The van der Waals surface area contributed by atoms with Crippen LogP contribution >= 0.6 is 39.5 Å². The molecule has 0 aromatic heterocycles. The largest absolute Gasteiger partial charge is 0.495 e. The summed E-state index contributed by atoms with van der Waals surface area (Å²) in [7, 11) is 3.32. The topological polar surface area (TPSA) is 56.5 Å². The molecule has 4 nitrogen and oxygen atoms in total. The average Bonchev–Trinajstić information content (AvgIpc) is 2.50. The van der Waals surface area contributed by atoms with Crippen LogP contribution < -0.4 is 20.7 Å². The summed E-state index contributed by atoms with van der Waals surface area (Å²) in [6.45, 7) is 2.26. The number of hydrogen-bond donors (Lipinski definition) is 2. The van der Waals surface area contributed by atoms with Crippen LogP contribution in [0, 0.1) is 0 Å². The third kappa shape index (κ3) is 3.64. The van der Waals surface area contributed by atoms with Crippen molar-refractivity contribution in [3.63, 3.8) is 0 Å². The minimum atomic E-state index is 0.0370. The van der Waals surface area contributed by atoms with Crippen molar-refractivity contribution in [3.8, 4) is 11.5 Å². The molecule has 1 heterocycles. The monoisotopic (exact) mass is 392 g/mol. The Balaban J connectivity index is 2.39. The van der Waals surface area contributed by atoms with Gasteiger partial charge in [0.05, 0.1) is 20.3 Å². The first kappa shape index (κ1) is 17.3. The van der Waals surface area contributed by atoms with E-state index in [0.717, 1.165) is 27.3 Å². The molecule has 21 heavy (non-hydrogen) atoms. The van der Waals surface area contributed by atoms with E-state index < -0.39 is 0 Å². The molecule has 0 bridgehead atoms. The van der Waals surface area contributed by atoms with Crippen LogP contribution in [0.15, 0.2) is 16.6 Å². The Morgan fingerprint density at radius 2 is 2.00 bits per heavy atom. The fourth-order valence-electron chi connectivity index (χ4n) is 2.54. The van der Waals surface area contributed by atoms with E-state index in [1.807, 2.05) is 35.7 Å². The summed E-state index contributed by atoms with van der Waals surface area (Å²) in [5, 5.41) is 0.943.